The van der Waals surface area contributed by atoms with Gasteiger partial charge in [0.2, 0.25) is 0 Å². The summed E-state index contributed by atoms with van der Waals surface area (Å²) < 4.78 is 4.11. The first-order valence-electron chi connectivity index (χ1n) is 10.6. The average molecular weight is 477 g/mol. The second kappa shape index (κ2) is 9.81. The maximum absolute atomic E-state index is 13.1. The zero-order valence-corrected chi connectivity index (χ0v) is 20.5. The van der Waals surface area contributed by atoms with Gasteiger partial charge >= 0.3 is 0 Å². The summed E-state index contributed by atoms with van der Waals surface area (Å²) in [5.74, 6) is 1.04. The Morgan fingerprint density at radius 3 is 2.52 bits per heavy atom. The number of hydrogen-bond acceptors (Lipinski definition) is 4. The molecule has 0 saturated carbocycles. The molecule has 0 unspecified atom stereocenters. The predicted octanol–water partition coefficient (Wildman–Crippen LogP) is 6.48. The van der Waals surface area contributed by atoms with E-state index in [1.165, 1.54) is 11.8 Å². The van der Waals surface area contributed by atoms with E-state index in [2.05, 4.69) is 34.3 Å². The highest BCUT2D eigenvalue weighted by atomic mass is 35.5. The number of carbonyl (C=O) groups excluding carboxylic acids is 1. The van der Waals surface area contributed by atoms with Crippen LogP contribution in [0.15, 0.2) is 72.4 Å². The topological polar surface area (TPSA) is 52.7 Å². The first-order valence-corrected chi connectivity index (χ1v) is 12.0. The number of hydrogen-bond donors (Lipinski definition) is 0. The summed E-state index contributed by atoms with van der Waals surface area (Å²) in [5, 5.41) is 10.2. The molecule has 0 saturated heterocycles. The lowest BCUT2D eigenvalue weighted by molar-refractivity contribution is 0.102. The standard InChI is InChI=1S/C26H25ClN4OS/c1-5-14-30-18(3)15-22(19(30)4)24(32)16-33-26-29-28-25(20-10-12-21(27)13-11-20)31(26)23-9-7-6-8-17(23)2/h5-13,15H,1,14,16H2,2-4H3. The van der Waals surface area contributed by atoms with E-state index in [-0.39, 0.29) is 11.5 Å². The number of halogens is 1. The lowest BCUT2D eigenvalue weighted by atomic mass is 10.1. The molecule has 0 spiro atoms. The summed E-state index contributed by atoms with van der Waals surface area (Å²) in [4.78, 5) is 13.1. The molecule has 0 aliphatic rings. The van der Waals surface area contributed by atoms with Gasteiger partial charge in [0.15, 0.2) is 16.8 Å². The third-order valence-corrected chi connectivity index (χ3v) is 6.79. The monoisotopic (exact) mass is 476 g/mol. The Kier molecular flexibility index (Phi) is 6.86. The Bertz CT molecular complexity index is 1320. The smallest absolute Gasteiger partial charge is 0.196 e. The molecule has 168 valence electrons. The number of nitrogens with zero attached hydrogens (tertiary/aromatic N) is 4. The second-order valence-corrected chi connectivity index (χ2v) is 9.21. The first kappa shape index (κ1) is 23.1. The van der Waals surface area contributed by atoms with Crippen LogP contribution < -0.4 is 0 Å². The van der Waals surface area contributed by atoms with Crippen molar-refractivity contribution in [2.75, 3.05) is 5.75 Å². The molecule has 4 rings (SSSR count). The normalized spacial score (nSPS) is 11.0. The van der Waals surface area contributed by atoms with Crippen LogP contribution in [0.5, 0.6) is 0 Å². The van der Waals surface area contributed by atoms with Crippen molar-refractivity contribution in [3.8, 4) is 17.1 Å². The van der Waals surface area contributed by atoms with Crippen LogP contribution in [0, 0.1) is 20.8 Å². The highest BCUT2D eigenvalue weighted by molar-refractivity contribution is 7.99. The third-order valence-electron chi connectivity index (χ3n) is 5.61. The van der Waals surface area contributed by atoms with Gasteiger partial charge in [-0.1, -0.05) is 47.6 Å². The van der Waals surface area contributed by atoms with Gasteiger partial charge in [-0.25, -0.2) is 0 Å². The molecule has 0 amide bonds. The van der Waals surface area contributed by atoms with Crippen LogP contribution in [0.1, 0.15) is 27.3 Å². The van der Waals surface area contributed by atoms with Gasteiger partial charge in [-0.2, -0.15) is 0 Å². The Balaban J connectivity index is 1.68. The quantitative estimate of drug-likeness (QED) is 0.166. The second-order valence-electron chi connectivity index (χ2n) is 7.83. The van der Waals surface area contributed by atoms with Crippen LogP contribution in [0.2, 0.25) is 5.02 Å². The van der Waals surface area contributed by atoms with E-state index in [0.29, 0.717) is 22.5 Å². The van der Waals surface area contributed by atoms with E-state index >= 15 is 0 Å². The van der Waals surface area contributed by atoms with Crippen molar-refractivity contribution in [3.63, 3.8) is 0 Å². The molecule has 0 N–H and O–H groups in total. The van der Waals surface area contributed by atoms with Gasteiger partial charge in [-0.3, -0.25) is 9.36 Å². The van der Waals surface area contributed by atoms with Gasteiger partial charge in [-0.05, 0) is 62.7 Å². The molecule has 0 fully saturated rings. The van der Waals surface area contributed by atoms with Gasteiger partial charge in [0.25, 0.3) is 0 Å². The zero-order valence-electron chi connectivity index (χ0n) is 18.9. The van der Waals surface area contributed by atoms with Crippen molar-refractivity contribution in [2.24, 2.45) is 0 Å². The minimum absolute atomic E-state index is 0.0655. The van der Waals surface area contributed by atoms with Gasteiger partial charge in [0, 0.05) is 34.1 Å². The molecular formula is C26H25ClN4OS. The van der Waals surface area contributed by atoms with E-state index < -0.39 is 0 Å². The van der Waals surface area contributed by atoms with Crippen molar-refractivity contribution in [2.45, 2.75) is 32.5 Å². The predicted molar refractivity (Wildman–Crippen MR) is 136 cm³/mol. The fraction of sp³-hybridized carbons (Fsp3) is 0.192. The molecule has 2 heterocycles. The van der Waals surface area contributed by atoms with Crippen LogP contribution in [-0.2, 0) is 6.54 Å². The van der Waals surface area contributed by atoms with Crippen molar-refractivity contribution >= 4 is 29.1 Å². The van der Waals surface area contributed by atoms with Crippen molar-refractivity contribution < 1.29 is 4.79 Å². The minimum atomic E-state index is 0.0655. The summed E-state index contributed by atoms with van der Waals surface area (Å²) in [7, 11) is 0. The number of Topliss-reactive ketones (excluding diaryl/α,β-unsaturated/α-hetero) is 1. The lowest BCUT2D eigenvalue weighted by Crippen LogP contribution is -2.07. The Morgan fingerprint density at radius 1 is 1.09 bits per heavy atom. The van der Waals surface area contributed by atoms with E-state index in [1.807, 2.05) is 73.0 Å². The Labute approximate surface area is 203 Å². The van der Waals surface area contributed by atoms with E-state index in [4.69, 9.17) is 11.6 Å². The Morgan fingerprint density at radius 2 is 1.82 bits per heavy atom. The van der Waals surface area contributed by atoms with E-state index in [9.17, 15) is 4.79 Å². The lowest BCUT2D eigenvalue weighted by Gasteiger charge is -2.13. The number of aryl methyl sites for hydroxylation is 2. The summed E-state index contributed by atoms with van der Waals surface area (Å²) in [6.07, 6.45) is 1.84. The fourth-order valence-corrected chi connectivity index (χ4v) is 4.84. The van der Waals surface area contributed by atoms with Crippen LogP contribution >= 0.6 is 23.4 Å². The number of allylic oxidation sites excluding steroid dienone is 1. The fourth-order valence-electron chi connectivity index (χ4n) is 3.88. The first-order chi connectivity index (χ1) is 15.9. The van der Waals surface area contributed by atoms with Crippen molar-refractivity contribution in [3.05, 3.63) is 94.8 Å². The number of carbonyl (C=O) groups is 1. The third kappa shape index (κ3) is 4.68. The van der Waals surface area contributed by atoms with Gasteiger partial charge in [-0.15, -0.1) is 16.8 Å². The minimum Gasteiger partial charge on any atom is -0.345 e. The SMILES string of the molecule is C=CCn1c(C)cc(C(=O)CSc2nnc(-c3ccc(Cl)cc3)n2-c2ccccc2C)c1C. The summed E-state index contributed by atoms with van der Waals surface area (Å²) in [6, 6.07) is 17.5. The van der Waals surface area contributed by atoms with Crippen LogP contribution in [0.3, 0.4) is 0 Å². The van der Waals surface area contributed by atoms with Crippen LogP contribution in [0.25, 0.3) is 17.1 Å². The molecule has 0 atom stereocenters. The van der Waals surface area contributed by atoms with E-state index in [1.54, 1.807) is 0 Å². The maximum Gasteiger partial charge on any atom is 0.196 e. The van der Waals surface area contributed by atoms with E-state index in [0.717, 1.165) is 33.8 Å². The largest absolute Gasteiger partial charge is 0.345 e. The van der Waals surface area contributed by atoms with Crippen LogP contribution in [-0.4, -0.2) is 30.9 Å². The molecule has 7 heteroatoms. The molecule has 0 aliphatic heterocycles. The number of thioether (sulfide) groups is 1. The molecule has 2 aromatic carbocycles. The highest BCUT2D eigenvalue weighted by Crippen LogP contribution is 2.30. The molecular weight excluding hydrogens is 452 g/mol. The molecule has 0 bridgehead atoms. The molecule has 2 aromatic heterocycles. The molecule has 4 aromatic rings. The molecule has 0 radical (unpaired) electrons. The van der Waals surface area contributed by atoms with Gasteiger partial charge in [0.1, 0.15) is 0 Å². The molecule has 0 aliphatic carbocycles. The number of rotatable bonds is 8. The number of para-hydroxylation sites is 1. The number of aromatic nitrogens is 4. The summed E-state index contributed by atoms with van der Waals surface area (Å²) >= 11 is 7.48. The number of benzene rings is 2. The maximum atomic E-state index is 13.1. The number of ketones is 1. The summed E-state index contributed by atoms with van der Waals surface area (Å²) in [5.41, 5.74) is 5.72. The average Bonchev–Trinajstić information content (AvgIpc) is 3.35. The zero-order chi connectivity index (χ0) is 23.5. The van der Waals surface area contributed by atoms with Crippen molar-refractivity contribution in [1.82, 2.24) is 19.3 Å². The molecule has 5 nitrogen and oxygen atoms in total. The highest BCUT2D eigenvalue weighted by Gasteiger charge is 2.20. The van der Waals surface area contributed by atoms with Gasteiger partial charge in [0.05, 0.1) is 11.4 Å². The van der Waals surface area contributed by atoms with Gasteiger partial charge < -0.3 is 4.57 Å². The molecule has 33 heavy (non-hydrogen) atoms. The Hall–Kier alpha value is -3.09. The summed E-state index contributed by atoms with van der Waals surface area (Å²) in [6.45, 7) is 10.5. The van der Waals surface area contributed by atoms with Crippen molar-refractivity contribution in [1.29, 1.82) is 0 Å². The van der Waals surface area contributed by atoms with Crippen LogP contribution in [0.4, 0.5) is 0 Å².